The zero-order valence-electron chi connectivity index (χ0n) is 29.6. The monoisotopic (exact) mass is 653 g/mol. The number of carbonyl (C=O) groups is 3. The number of amides is 3. The van der Waals surface area contributed by atoms with Crippen LogP contribution in [-0.4, -0.2) is 64.1 Å². The van der Waals surface area contributed by atoms with Gasteiger partial charge in [-0.05, 0) is 74.1 Å². The average Bonchev–Trinajstić information content (AvgIpc) is 3.01. The van der Waals surface area contributed by atoms with Crippen LogP contribution in [0.15, 0.2) is 42.5 Å². The molecular formula is C38H59N3O6. The Hall–Kier alpha value is -3.17. The fourth-order valence-corrected chi connectivity index (χ4v) is 6.52. The first kappa shape index (κ1) is 38.3. The molecule has 0 spiro atoms. The molecule has 2 aromatic carbocycles. The maximum Gasteiger partial charge on any atom is 0.408 e. The van der Waals surface area contributed by atoms with E-state index < -0.39 is 53.8 Å². The molecule has 2 aromatic rings. The Morgan fingerprint density at radius 2 is 1.55 bits per heavy atom. The van der Waals surface area contributed by atoms with Gasteiger partial charge < -0.3 is 30.9 Å². The Morgan fingerprint density at radius 1 is 0.894 bits per heavy atom. The highest BCUT2D eigenvalue weighted by molar-refractivity contribution is 5.92. The van der Waals surface area contributed by atoms with Crippen LogP contribution in [0.4, 0.5) is 4.79 Å². The van der Waals surface area contributed by atoms with E-state index in [1.807, 2.05) is 70.2 Å². The summed E-state index contributed by atoms with van der Waals surface area (Å²) in [6.07, 6.45) is 4.09. The van der Waals surface area contributed by atoms with Gasteiger partial charge in [-0.15, -0.1) is 0 Å². The molecule has 47 heavy (non-hydrogen) atoms. The van der Waals surface area contributed by atoms with Crippen molar-refractivity contribution in [3.63, 3.8) is 0 Å². The van der Waals surface area contributed by atoms with Gasteiger partial charge in [-0.25, -0.2) is 4.79 Å². The van der Waals surface area contributed by atoms with Gasteiger partial charge in [-0.2, -0.15) is 0 Å². The number of aliphatic hydroxyl groups is 2. The Morgan fingerprint density at radius 3 is 2.19 bits per heavy atom. The number of aliphatic hydroxyl groups excluding tert-OH is 2. The highest BCUT2D eigenvalue weighted by Crippen LogP contribution is 2.28. The van der Waals surface area contributed by atoms with Crippen LogP contribution in [0.2, 0.25) is 0 Å². The maximum absolute atomic E-state index is 14.1. The Kier molecular flexibility index (Phi) is 14.5. The molecule has 3 amide bonds. The molecular weight excluding hydrogens is 594 g/mol. The summed E-state index contributed by atoms with van der Waals surface area (Å²) < 4.78 is 5.48. The number of nitrogens with one attached hydrogen (secondary N) is 3. The Labute approximate surface area is 281 Å². The van der Waals surface area contributed by atoms with Gasteiger partial charge in [0, 0.05) is 0 Å². The molecule has 0 aromatic heterocycles. The number of ether oxygens (including phenoxy) is 1. The zero-order valence-corrected chi connectivity index (χ0v) is 29.6. The average molecular weight is 654 g/mol. The van der Waals surface area contributed by atoms with E-state index in [-0.39, 0.29) is 24.2 Å². The summed E-state index contributed by atoms with van der Waals surface area (Å²) in [7, 11) is 0. The highest BCUT2D eigenvalue weighted by atomic mass is 16.6. The molecule has 9 nitrogen and oxygen atoms in total. The van der Waals surface area contributed by atoms with Crippen molar-refractivity contribution in [2.45, 2.75) is 142 Å². The van der Waals surface area contributed by atoms with Crippen molar-refractivity contribution in [3.05, 3.63) is 48.0 Å². The molecule has 5 N–H and O–H groups in total. The van der Waals surface area contributed by atoms with Crippen LogP contribution < -0.4 is 16.0 Å². The minimum Gasteiger partial charge on any atom is -0.444 e. The molecule has 1 unspecified atom stereocenters. The normalized spacial score (nSPS) is 18.1. The maximum atomic E-state index is 14.1. The molecule has 9 heteroatoms. The third kappa shape index (κ3) is 12.1. The summed E-state index contributed by atoms with van der Waals surface area (Å²) in [6, 6.07) is 11.3. The minimum absolute atomic E-state index is 0.138. The molecule has 0 radical (unpaired) electrons. The molecule has 0 bridgehead atoms. The third-order valence-corrected chi connectivity index (χ3v) is 9.26. The van der Waals surface area contributed by atoms with Crippen LogP contribution in [-0.2, 0) is 20.7 Å². The first-order chi connectivity index (χ1) is 22.2. The van der Waals surface area contributed by atoms with Gasteiger partial charge in [-0.1, -0.05) is 109 Å². The van der Waals surface area contributed by atoms with E-state index in [0.717, 1.165) is 42.0 Å². The van der Waals surface area contributed by atoms with E-state index in [1.54, 1.807) is 20.8 Å². The van der Waals surface area contributed by atoms with Crippen LogP contribution in [0.1, 0.15) is 105 Å². The van der Waals surface area contributed by atoms with E-state index in [9.17, 15) is 24.6 Å². The standard InChI is InChI=1S/C38H59N3O6/c1-8-25(4)33(41-35(44)31(22-26-15-10-9-11-16-26)40-37(46)47-38(5,6)7)36(45)39-30(34(43)32(42)21-24(2)3)23-28-19-14-18-27-17-12-13-20-29(27)28/h12-14,17-20,24-26,30-34,42-43H,8-11,15-16,21-23H2,1-7H3,(H,39,45)(H,40,46)(H,41,44)/t25?,30-,31-,32-,33-,34+/m0/s1. The Balaban J connectivity index is 1.87. The molecule has 1 fully saturated rings. The fourth-order valence-electron chi connectivity index (χ4n) is 6.52. The van der Waals surface area contributed by atoms with Gasteiger partial charge in [-0.3, -0.25) is 9.59 Å². The largest absolute Gasteiger partial charge is 0.444 e. The van der Waals surface area contributed by atoms with Crippen LogP contribution in [0, 0.1) is 17.8 Å². The van der Waals surface area contributed by atoms with Crippen molar-refractivity contribution in [1.82, 2.24) is 16.0 Å². The molecule has 262 valence electrons. The highest BCUT2D eigenvalue weighted by Gasteiger charge is 2.35. The van der Waals surface area contributed by atoms with E-state index >= 15 is 0 Å². The summed E-state index contributed by atoms with van der Waals surface area (Å²) >= 11 is 0. The molecule has 0 saturated heterocycles. The quantitative estimate of drug-likeness (QED) is 0.159. The van der Waals surface area contributed by atoms with Crippen molar-refractivity contribution in [2.24, 2.45) is 17.8 Å². The van der Waals surface area contributed by atoms with Gasteiger partial charge in [0.05, 0.1) is 12.1 Å². The second kappa shape index (κ2) is 17.8. The van der Waals surface area contributed by atoms with Gasteiger partial charge in [0.1, 0.15) is 23.8 Å². The molecule has 6 atom stereocenters. The number of carbonyl (C=O) groups excluding carboxylic acids is 3. The van der Waals surface area contributed by atoms with Gasteiger partial charge >= 0.3 is 6.09 Å². The number of hydrogen-bond donors (Lipinski definition) is 5. The van der Waals surface area contributed by atoms with E-state index in [0.29, 0.717) is 19.3 Å². The van der Waals surface area contributed by atoms with Crippen molar-refractivity contribution in [1.29, 1.82) is 0 Å². The van der Waals surface area contributed by atoms with Crippen LogP contribution in [0.3, 0.4) is 0 Å². The topological polar surface area (TPSA) is 137 Å². The van der Waals surface area contributed by atoms with Crippen molar-refractivity contribution in [3.8, 4) is 0 Å². The van der Waals surface area contributed by atoms with Crippen LogP contribution in [0.25, 0.3) is 10.8 Å². The van der Waals surface area contributed by atoms with Crippen LogP contribution >= 0.6 is 0 Å². The first-order valence-electron chi connectivity index (χ1n) is 17.6. The van der Waals surface area contributed by atoms with Crippen molar-refractivity contribution in [2.75, 3.05) is 0 Å². The number of alkyl carbamates (subject to hydrolysis) is 1. The second-order valence-electron chi connectivity index (χ2n) is 15.0. The molecule has 0 aliphatic heterocycles. The van der Waals surface area contributed by atoms with E-state index in [1.165, 1.54) is 6.42 Å². The molecule has 0 heterocycles. The van der Waals surface area contributed by atoms with Crippen molar-refractivity contribution < 1.29 is 29.3 Å². The number of fused-ring (bicyclic) bond motifs is 1. The molecule has 3 rings (SSSR count). The summed E-state index contributed by atoms with van der Waals surface area (Å²) in [6.45, 7) is 13.1. The summed E-state index contributed by atoms with van der Waals surface area (Å²) in [5.74, 6) is -0.700. The molecule has 1 aliphatic carbocycles. The van der Waals surface area contributed by atoms with Crippen molar-refractivity contribution >= 4 is 28.7 Å². The zero-order chi connectivity index (χ0) is 34.7. The lowest BCUT2D eigenvalue weighted by Gasteiger charge is -2.33. The van der Waals surface area contributed by atoms with Crippen LogP contribution in [0.5, 0.6) is 0 Å². The van der Waals surface area contributed by atoms with Gasteiger partial charge in [0.2, 0.25) is 11.8 Å². The fraction of sp³-hybridized carbons (Fsp3) is 0.658. The first-order valence-corrected chi connectivity index (χ1v) is 17.6. The summed E-state index contributed by atoms with van der Waals surface area (Å²) in [5, 5.41) is 33.2. The van der Waals surface area contributed by atoms with E-state index in [4.69, 9.17) is 4.74 Å². The SMILES string of the molecule is CCC(C)[C@H](NC(=O)[C@H](CC1CCCCC1)NC(=O)OC(C)(C)C)C(=O)N[C@@H](Cc1cccc2ccccc12)[C@@H](O)[C@@H](O)CC(C)C. The predicted molar refractivity (Wildman–Crippen MR) is 187 cm³/mol. The molecule has 1 saturated carbocycles. The smallest absolute Gasteiger partial charge is 0.408 e. The Bertz CT molecular complexity index is 1300. The lowest BCUT2D eigenvalue weighted by molar-refractivity contribution is -0.132. The number of hydrogen-bond acceptors (Lipinski definition) is 6. The van der Waals surface area contributed by atoms with Gasteiger partial charge in [0.15, 0.2) is 0 Å². The lowest BCUT2D eigenvalue weighted by atomic mass is 9.84. The lowest BCUT2D eigenvalue weighted by Crippen LogP contribution is -2.59. The minimum atomic E-state index is -1.23. The van der Waals surface area contributed by atoms with Gasteiger partial charge in [0.25, 0.3) is 0 Å². The summed E-state index contributed by atoms with van der Waals surface area (Å²) in [4.78, 5) is 40.8. The predicted octanol–water partition coefficient (Wildman–Crippen LogP) is 6.03. The third-order valence-electron chi connectivity index (χ3n) is 9.26. The number of benzene rings is 2. The number of rotatable bonds is 15. The molecule has 1 aliphatic rings. The van der Waals surface area contributed by atoms with E-state index in [2.05, 4.69) is 16.0 Å². The summed E-state index contributed by atoms with van der Waals surface area (Å²) in [5.41, 5.74) is 0.206. The second-order valence-corrected chi connectivity index (χ2v) is 15.0.